The molecule has 0 saturated heterocycles. The maximum Gasteiger partial charge on any atom is 0.273 e. The minimum atomic E-state index is -3.94. The molecule has 0 spiro atoms. The van der Waals surface area contributed by atoms with Crippen LogP contribution >= 0.6 is 0 Å². The van der Waals surface area contributed by atoms with Crippen LogP contribution in [0.1, 0.15) is 6.92 Å². The van der Waals surface area contributed by atoms with E-state index in [9.17, 15) is 13.2 Å². The van der Waals surface area contributed by atoms with Gasteiger partial charge in [-0.3, -0.25) is 4.79 Å². The number of anilines is 1. The molecule has 6 heteroatoms. The van der Waals surface area contributed by atoms with Crippen LogP contribution < -0.4 is 10.1 Å². The lowest BCUT2D eigenvalue weighted by Gasteiger charge is -2.23. The molecule has 86 valence electrons. The number of rotatable bonds is 1. The van der Waals surface area contributed by atoms with Gasteiger partial charge in [0.15, 0.2) is 0 Å². The summed E-state index contributed by atoms with van der Waals surface area (Å²) in [5.74, 6) is 0.185. The molecule has 0 amide bonds. The molecule has 1 aliphatic rings. The standard InChI is InChI=1S/C10H11NO4S/c1-6-10(12)16(13,14)9-7(11-6)4-3-5-8(9)15-2/h3-6,11H,1-2H3. The number of hydrogen-bond donors (Lipinski definition) is 1. The molecule has 2 rings (SSSR count). The summed E-state index contributed by atoms with van der Waals surface area (Å²) in [5, 5.41) is 2.00. The Bertz CT molecular complexity index is 550. The molecule has 1 unspecified atom stereocenters. The second kappa shape index (κ2) is 3.48. The Morgan fingerprint density at radius 1 is 1.38 bits per heavy atom. The van der Waals surface area contributed by atoms with E-state index in [-0.39, 0.29) is 10.6 Å². The van der Waals surface area contributed by atoms with Crippen LogP contribution in [0.5, 0.6) is 5.75 Å². The smallest absolute Gasteiger partial charge is 0.273 e. The molecule has 1 heterocycles. The fourth-order valence-electron chi connectivity index (χ4n) is 1.69. The van der Waals surface area contributed by atoms with Crippen molar-refractivity contribution < 1.29 is 17.9 Å². The first kappa shape index (κ1) is 10.9. The number of benzene rings is 1. The summed E-state index contributed by atoms with van der Waals surface area (Å²) in [7, 11) is -2.57. The molecule has 1 atom stereocenters. The Hall–Kier alpha value is -1.56. The second-order valence-electron chi connectivity index (χ2n) is 3.53. The van der Waals surface area contributed by atoms with Crippen LogP contribution in [0.25, 0.3) is 0 Å². The average Bonchev–Trinajstić information content (AvgIpc) is 2.25. The van der Waals surface area contributed by atoms with Crippen molar-refractivity contribution in [1.29, 1.82) is 0 Å². The summed E-state index contributed by atoms with van der Waals surface area (Å²) in [6.45, 7) is 1.52. The van der Waals surface area contributed by atoms with Crippen molar-refractivity contribution in [2.24, 2.45) is 0 Å². The second-order valence-corrected chi connectivity index (χ2v) is 5.34. The zero-order valence-corrected chi connectivity index (χ0v) is 9.67. The van der Waals surface area contributed by atoms with E-state index in [1.165, 1.54) is 20.1 Å². The SMILES string of the molecule is COc1cccc2c1S(=O)(=O)C(=O)C(C)N2. The molecule has 0 radical (unpaired) electrons. The molecular weight excluding hydrogens is 230 g/mol. The van der Waals surface area contributed by atoms with Crippen LogP contribution in [0.2, 0.25) is 0 Å². The molecule has 1 aliphatic heterocycles. The van der Waals surface area contributed by atoms with E-state index in [4.69, 9.17) is 4.74 Å². The minimum absolute atomic E-state index is 0.0689. The minimum Gasteiger partial charge on any atom is -0.495 e. The van der Waals surface area contributed by atoms with E-state index < -0.39 is 21.0 Å². The normalized spacial score (nSPS) is 22.1. The number of ether oxygens (including phenoxy) is 1. The lowest BCUT2D eigenvalue weighted by atomic mass is 10.2. The van der Waals surface area contributed by atoms with E-state index in [1.807, 2.05) is 0 Å². The van der Waals surface area contributed by atoms with Gasteiger partial charge in [0.2, 0.25) is 9.84 Å². The van der Waals surface area contributed by atoms with Gasteiger partial charge in [-0.2, -0.15) is 0 Å². The molecular formula is C10H11NO4S. The fraction of sp³-hybridized carbons (Fsp3) is 0.300. The highest BCUT2D eigenvalue weighted by molar-refractivity contribution is 8.06. The van der Waals surface area contributed by atoms with Crippen molar-refractivity contribution in [2.45, 2.75) is 17.9 Å². The van der Waals surface area contributed by atoms with Crippen LogP contribution in [-0.4, -0.2) is 26.7 Å². The molecule has 1 N–H and O–H groups in total. The zero-order valence-electron chi connectivity index (χ0n) is 8.85. The van der Waals surface area contributed by atoms with E-state index in [1.54, 1.807) is 12.1 Å². The van der Waals surface area contributed by atoms with Crippen LogP contribution in [0.15, 0.2) is 23.1 Å². The Balaban J connectivity index is 2.77. The number of carbonyl (C=O) groups excluding carboxylic acids is 1. The quantitative estimate of drug-likeness (QED) is 0.787. The lowest BCUT2D eigenvalue weighted by molar-refractivity contribution is -0.112. The van der Waals surface area contributed by atoms with E-state index in [0.29, 0.717) is 5.69 Å². The average molecular weight is 241 g/mol. The largest absolute Gasteiger partial charge is 0.495 e. The Morgan fingerprint density at radius 3 is 2.69 bits per heavy atom. The third-order valence-electron chi connectivity index (χ3n) is 2.46. The molecule has 0 aliphatic carbocycles. The fourth-order valence-corrected chi connectivity index (χ4v) is 3.25. The third kappa shape index (κ3) is 1.37. The van der Waals surface area contributed by atoms with E-state index >= 15 is 0 Å². The molecule has 1 aromatic rings. The van der Waals surface area contributed by atoms with Crippen molar-refractivity contribution in [1.82, 2.24) is 0 Å². The topological polar surface area (TPSA) is 72.5 Å². The molecule has 0 bridgehead atoms. The van der Waals surface area contributed by atoms with Crippen molar-refractivity contribution in [3.8, 4) is 5.75 Å². The Kier molecular flexibility index (Phi) is 2.38. The van der Waals surface area contributed by atoms with Crippen LogP contribution in [0, 0.1) is 0 Å². The Morgan fingerprint density at radius 2 is 2.06 bits per heavy atom. The number of methoxy groups -OCH3 is 1. The Labute approximate surface area is 93.3 Å². The maximum atomic E-state index is 11.9. The van der Waals surface area contributed by atoms with Crippen LogP contribution in [0.4, 0.5) is 5.69 Å². The summed E-state index contributed by atoms with van der Waals surface area (Å²) in [4.78, 5) is 11.5. The van der Waals surface area contributed by atoms with Crippen LogP contribution in [-0.2, 0) is 14.6 Å². The number of hydrogen-bond acceptors (Lipinski definition) is 5. The van der Waals surface area contributed by atoms with Crippen molar-refractivity contribution >= 4 is 20.6 Å². The first-order valence-corrected chi connectivity index (χ1v) is 6.19. The lowest BCUT2D eigenvalue weighted by Crippen LogP contribution is -2.37. The first-order valence-electron chi connectivity index (χ1n) is 4.71. The maximum absolute atomic E-state index is 11.9. The van der Waals surface area contributed by atoms with Gasteiger partial charge < -0.3 is 10.1 Å². The number of sulfone groups is 1. The molecule has 5 nitrogen and oxygen atoms in total. The number of nitrogens with one attached hydrogen (secondary N) is 1. The highest BCUT2D eigenvalue weighted by Crippen LogP contribution is 2.36. The predicted octanol–water partition coefficient (Wildman–Crippen LogP) is 0.809. The zero-order chi connectivity index (χ0) is 11.9. The van der Waals surface area contributed by atoms with Crippen molar-refractivity contribution in [3.05, 3.63) is 18.2 Å². The molecule has 1 aromatic carbocycles. The van der Waals surface area contributed by atoms with Gasteiger partial charge in [0, 0.05) is 0 Å². The van der Waals surface area contributed by atoms with Gasteiger partial charge in [0.1, 0.15) is 10.6 Å². The van der Waals surface area contributed by atoms with Gasteiger partial charge in [0.25, 0.3) is 5.12 Å². The molecule has 16 heavy (non-hydrogen) atoms. The van der Waals surface area contributed by atoms with Crippen LogP contribution in [0.3, 0.4) is 0 Å². The van der Waals surface area contributed by atoms with E-state index in [2.05, 4.69) is 5.32 Å². The third-order valence-corrected chi connectivity index (χ3v) is 4.30. The van der Waals surface area contributed by atoms with Crippen molar-refractivity contribution in [2.75, 3.05) is 12.4 Å². The van der Waals surface area contributed by atoms with Gasteiger partial charge in [0.05, 0.1) is 18.8 Å². The number of carbonyl (C=O) groups is 1. The van der Waals surface area contributed by atoms with Gasteiger partial charge in [-0.15, -0.1) is 0 Å². The summed E-state index contributed by atoms with van der Waals surface area (Å²) in [6, 6.07) is 4.06. The summed E-state index contributed by atoms with van der Waals surface area (Å²) in [5.41, 5.74) is 0.409. The predicted molar refractivity (Wildman–Crippen MR) is 58.3 cm³/mol. The summed E-state index contributed by atoms with van der Waals surface area (Å²) < 4.78 is 28.8. The van der Waals surface area contributed by atoms with Crippen molar-refractivity contribution in [3.63, 3.8) is 0 Å². The van der Waals surface area contributed by atoms with Gasteiger partial charge in [-0.05, 0) is 19.1 Å². The van der Waals surface area contributed by atoms with E-state index in [0.717, 1.165) is 0 Å². The highest BCUT2D eigenvalue weighted by atomic mass is 32.2. The van der Waals surface area contributed by atoms with Gasteiger partial charge in [-0.1, -0.05) is 6.07 Å². The molecule has 0 aromatic heterocycles. The highest BCUT2D eigenvalue weighted by Gasteiger charge is 2.39. The monoisotopic (exact) mass is 241 g/mol. The first-order chi connectivity index (χ1) is 7.48. The molecule has 0 saturated carbocycles. The van der Waals surface area contributed by atoms with Gasteiger partial charge in [-0.25, -0.2) is 8.42 Å². The van der Waals surface area contributed by atoms with Gasteiger partial charge >= 0.3 is 0 Å². The molecule has 0 fully saturated rings. The summed E-state index contributed by atoms with van der Waals surface area (Å²) >= 11 is 0. The number of fused-ring (bicyclic) bond motifs is 1. The summed E-state index contributed by atoms with van der Waals surface area (Å²) in [6.07, 6.45) is 0.